The van der Waals surface area contributed by atoms with Crippen molar-refractivity contribution >= 4 is 40.9 Å². The van der Waals surface area contributed by atoms with Gasteiger partial charge in [-0.2, -0.15) is 0 Å². The Morgan fingerprint density at radius 3 is 2.81 bits per heavy atom. The van der Waals surface area contributed by atoms with E-state index in [1.165, 1.54) is 0 Å². The predicted octanol–water partition coefficient (Wildman–Crippen LogP) is 3.85. The third kappa shape index (κ3) is 4.02. The van der Waals surface area contributed by atoms with Gasteiger partial charge in [-0.05, 0) is 31.4 Å². The highest BCUT2D eigenvalue weighted by atomic mass is 35.5. The Balaban J connectivity index is 2.10. The molecule has 0 aromatic heterocycles. The number of aliphatic carboxylic acids is 1. The molecular weight excluding hydrogens is 315 g/mol. The summed E-state index contributed by atoms with van der Waals surface area (Å²) in [5, 5.41) is 12.3. The lowest BCUT2D eigenvalue weighted by Crippen LogP contribution is -2.46. The van der Waals surface area contributed by atoms with Gasteiger partial charge in [0, 0.05) is 12.6 Å². The Morgan fingerprint density at radius 2 is 2.10 bits per heavy atom. The molecule has 1 aromatic carbocycles. The normalized spacial score (nSPS) is 18.4. The van der Waals surface area contributed by atoms with Crippen molar-refractivity contribution in [2.24, 2.45) is 0 Å². The van der Waals surface area contributed by atoms with Gasteiger partial charge in [-0.1, -0.05) is 29.3 Å². The van der Waals surface area contributed by atoms with E-state index >= 15 is 0 Å². The smallest absolute Gasteiger partial charge is 0.322 e. The molecule has 1 saturated heterocycles. The Labute approximate surface area is 132 Å². The molecule has 1 unspecified atom stereocenters. The molecular formula is C14H16Cl2N2O3. The van der Waals surface area contributed by atoms with E-state index in [2.05, 4.69) is 5.32 Å². The molecule has 0 aliphatic carbocycles. The number of nitrogens with zero attached hydrogens (tertiary/aromatic N) is 1. The number of carboxylic acids is 1. The predicted molar refractivity (Wildman–Crippen MR) is 82.1 cm³/mol. The highest BCUT2D eigenvalue weighted by molar-refractivity contribution is 6.43. The van der Waals surface area contributed by atoms with Crippen LogP contribution in [0.15, 0.2) is 18.2 Å². The molecule has 2 rings (SSSR count). The largest absolute Gasteiger partial charge is 0.481 e. The lowest BCUT2D eigenvalue weighted by molar-refractivity contribution is -0.138. The summed E-state index contributed by atoms with van der Waals surface area (Å²) in [4.78, 5) is 24.8. The number of urea groups is 1. The van der Waals surface area contributed by atoms with Crippen molar-refractivity contribution in [3.05, 3.63) is 28.2 Å². The van der Waals surface area contributed by atoms with Gasteiger partial charge in [-0.25, -0.2) is 4.79 Å². The number of nitrogens with one attached hydrogen (secondary N) is 1. The first-order valence-electron chi connectivity index (χ1n) is 6.72. The van der Waals surface area contributed by atoms with E-state index < -0.39 is 5.97 Å². The highest BCUT2D eigenvalue weighted by Crippen LogP contribution is 2.30. The van der Waals surface area contributed by atoms with Crippen LogP contribution in [-0.4, -0.2) is 34.6 Å². The molecule has 1 aliphatic rings. The number of hydrogen-bond donors (Lipinski definition) is 2. The van der Waals surface area contributed by atoms with E-state index in [9.17, 15) is 9.59 Å². The molecule has 114 valence electrons. The number of carboxylic acid groups (broad SMARTS) is 1. The van der Waals surface area contributed by atoms with Gasteiger partial charge in [0.15, 0.2) is 0 Å². The van der Waals surface area contributed by atoms with Crippen LogP contribution in [0.25, 0.3) is 0 Å². The van der Waals surface area contributed by atoms with Crippen molar-refractivity contribution in [3.8, 4) is 0 Å². The molecule has 0 saturated carbocycles. The van der Waals surface area contributed by atoms with Gasteiger partial charge >= 0.3 is 12.0 Å². The van der Waals surface area contributed by atoms with Crippen molar-refractivity contribution in [1.82, 2.24) is 4.90 Å². The van der Waals surface area contributed by atoms with E-state index in [1.54, 1.807) is 23.1 Å². The maximum atomic E-state index is 12.3. The first-order valence-corrected chi connectivity index (χ1v) is 7.48. The number of benzene rings is 1. The third-order valence-corrected chi connectivity index (χ3v) is 4.31. The van der Waals surface area contributed by atoms with Crippen LogP contribution in [0.2, 0.25) is 10.0 Å². The number of likely N-dealkylation sites (tertiary alicyclic amines) is 1. The molecule has 1 atom stereocenters. The van der Waals surface area contributed by atoms with Crippen LogP contribution >= 0.6 is 23.2 Å². The fourth-order valence-electron chi connectivity index (χ4n) is 2.47. The van der Waals surface area contributed by atoms with Crippen LogP contribution in [0, 0.1) is 0 Å². The zero-order valence-electron chi connectivity index (χ0n) is 11.3. The number of piperidine rings is 1. The topological polar surface area (TPSA) is 69.6 Å². The van der Waals surface area contributed by atoms with Crippen molar-refractivity contribution in [2.45, 2.75) is 31.7 Å². The average molecular weight is 331 g/mol. The van der Waals surface area contributed by atoms with Crippen molar-refractivity contribution in [1.29, 1.82) is 0 Å². The molecule has 1 fully saturated rings. The van der Waals surface area contributed by atoms with E-state index in [1.807, 2.05) is 0 Å². The second kappa shape index (κ2) is 7.00. The summed E-state index contributed by atoms with van der Waals surface area (Å²) in [6, 6.07) is 4.35. The molecule has 0 bridgehead atoms. The van der Waals surface area contributed by atoms with Crippen LogP contribution in [0.1, 0.15) is 25.7 Å². The summed E-state index contributed by atoms with van der Waals surface area (Å²) in [5.41, 5.74) is 0.425. The van der Waals surface area contributed by atoms with Crippen LogP contribution < -0.4 is 5.32 Å². The molecule has 7 heteroatoms. The number of rotatable bonds is 3. The molecule has 0 radical (unpaired) electrons. The molecule has 2 amide bonds. The zero-order chi connectivity index (χ0) is 15.4. The number of carbonyl (C=O) groups excluding carboxylic acids is 1. The Kier molecular flexibility index (Phi) is 5.31. The lowest BCUT2D eigenvalue weighted by Gasteiger charge is -2.35. The molecule has 21 heavy (non-hydrogen) atoms. The van der Waals surface area contributed by atoms with Gasteiger partial charge < -0.3 is 15.3 Å². The zero-order valence-corrected chi connectivity index (χ0v) is 12.8. The minimum Gasteiger partial charge on any atom is -0.481 e. The van der Waals surface area contributed by atoms with Gasteiger partial charge in [0.25, 0.3) is 0 Å². The van der Waals surface area contributed by atoms with E-state index in [0.717, 1.165) is 12.8 Å². The Hall–Kier alpha value is -1.46. The Morgan fingerprint density at radius 1 is 1.33 bits per heavy atom. The van der Waals surface area contributed by atoms with Crippen molar-refractivity contribution < 1.29 is 14.7 Å². The molecule has 5 nitrogen and oxygen atoms in total. The van der Waals surface area contributed by atoms with E-state index in [0.29, 0.717) is 23.7 Å². The fraction of sp³-hybridized carbons (Fsp3) is 0.429. The monoisotopic (exact) mass is 330 g/mol. The summed E-state index contributed by atoms with van der Waals surface area (Å²) in [6.07, 6.45) is 2.45. The van der Waals surface area contributed by atoms with Gasteiger partial charge in [-0.3, -0.25) is 4.79 Å². The second-order valence-corrected chi connectivity index (χ2v) is 5.76. The molecule has 0 spiro atoms. The van der Waals surface area contributed by atoms with Crippen molar-refractivity contribution in [3.63, 3.8) is 0 Å². The minimum absolute atomic E-state index is 0.0449. The Bertz CT molecular complexity index is 551. The quantitative estimate of drug-likeness (QED) is 0.884. The van der Waals surface area contributed by atoms with E-state index in [-0.39, 0.29) is 23.5 Å². The van der Waals surface area contributed by atoms with Crippen LogP contribution in [-0.2, 0) is 4.79 Å². The molecule has 1 aliphatic heterocycles. The summed E-state index contributed by atoms with van der Waals surface area (Å²) in [5.74, 6) is -0.902. The number of hydrogen-bond acceptors (Lipinski definition) is 2. The first-order chi connectivity index (χ1) is 9.99. The number of carbonyl (C=O) groups is 2. The van der Waals surface area contributed by atoms with Gasteiger partial charge in [0.1, 0.15) is 0 Å². The molecule has 1 heterocycles. The summed E-state index contributed by atoms with van der Waals surface area (Å²) in [7, 11) is 0. The standard InChI is InChI=1S/C14H16Cl2N2O3/c15-10-5-3-6-11(13(10)16)17-14(21)18-7-2-1-4-9(18)8-12(19)20/h3,5-6,9H,1-2,4,7-8H2,(H,17,21)(H,19,20). The maximum absolute atomic E-state index is 12.3. The average Bonchev–Trinajstić information content (AvgIpc) is 2.44. The SMILES string of the molecule is O=C(O)CC1CCCCN1C(=O)Nc1cccc(Cl)c1Cl. The lowest BCUT2D eigenvalue weighted by atomic mass is 10.00. The maximum Gasteiger partial charge on any atom is 0.322 e. The summed E-state index contributed by atoms with van der Waals surface area (Å²) >= 11 is 11.9. The van der Waals surface area contributed by atoms with Crippen LogP contribution in [0.5, 0.6) is 0 Å². The van der Waals surface area contributed by atoms with Crippen LogP contribution in [0.4, 0.5) is 10.5 Å². The minimum atomic E-state index is -0.902. The first kappa shape index (κ1) is 15.9. The molecule has 2 N–H and O–H groups in total. The molecule has 1 aromatic rings. The third-order valence-electron chi connectivity index (χ3n) is 3.49. The fourth-order valence-corrected chi connectivity index (χ4v) is 2.82. The summed E-state index contributed by atoms with van der Waals surface area (Å²) < 4.78 is 0. The van der Waals surface area contributed by atoms with Gasteiger partial charge in [-0.15, -0.1) is 0 Å². The number of amides is 2. The second-order valence-electron chi connectivity index (χ2n) is 4.97. The van der Waals surface area contributed by atoms with Crippen LogP contribution in [0.3, 0.4) is 0 Å². The number of anilines is 1. The summed E-state index contributed by atoms with van der Waals surface area (Å²) in [6.45, 7) is 0.544. The van der Waals surface area contributed by atoms with Crippen molar-refractivity contribution in [2.75, 3.05) is 11.9 Å². The van der Waals surface area contributed by atoms with E-state index in [4.69, 9.17) is 28.3 Å². The number of halogens is 2. The van der Waals surface area contributed by atoms with Gasteiger partial charge in [0.2, 0.25) is 0 Å². The highest BCUT2D eigenvalue weighted by Gasteiger charge is 2.28. The van der Waals surface area contributed by atoms with Gasteiger partial charge in [0.05, 0.1) is 22.2 Å².